The standard InChI is InChI=1S/C25H37N5O2/c1-3-26-25(28-14-7-13-27-24(31)23-20(2)12-17-32-23)29-18-21-8-10-22(11-9-21)19-30-15-5-4-6-16-30/h8-12,17H,3-7,13-16,18-19H2,1-2H3,(H,27,31)(H2,26,28,29). The molecule has 1 aliphatic heterocycles. The van der Waals surface area contributed by atoms with E-state index in [9.17, 15) is 4.79 Å². The fourth-order valence-electron chi connectivity index (χ4n) is 3.82. The number of amides is 1. The Morgan fingerprint density at radius 3 is 2.41 bits per heavy atom. The molecule has 0 spiro atoms. The normalized spacial score (nSPS) is 14.9. The fraction of sp³-hybridized carbons (Fsp3) is 0.520. The number of furan rings is 1. The van der Waals surface area contributed by atoms with Gasteiger partial charge in [-0.05, 0) is 63.4 Å². The monoisotopic (exact) mass is 439 g/mol. The zero-order valence-electron chi connectivity index (χ0n) is 19.5. The zero-order valence-corrected chi connectivity index (χ0v) is 19.5. The van der Waals surface area contributed by atoms with Gasteiger partial charge >= 0.3 is 0 Å². The minimum absolute atomic E-state index is 0.170. The van der Waals surface area contributed by atoms with Crippen molar-refractivity contribution in [3.8, 4) is 0 Å². The number of carbonyl (C=O) groups is 1. The maximum Gasteiger partial charge on any atom is 0.287 e. The highest BCUT2D eigenvalue weighted by atomic mass is 16.3. The molecule has 32 heavy (non-hydrogen) atoms. The van der Waals surface area contributed by atoms with Crippen molar-refractivity contribution in [3.63, 3.8) is 0 Å². The summed E-state index contributed by atoms with van der Waals surface area (Å²) in [5, 5.41) is 9.50. The molecule has 2 aromatic rings. The lowest BCUT2D eigenvalue weighted by Crippen LogP contribution is -2.38. The molecule has 3 rings (SSSR count). The van der Waals surface area contributed by atoms with E-state index < -0.39 is 0 Å². The van der Waals surface area contributed by atoms with Gasteiger partial charge in [-0.2, -0.15) is 0 Å². The van der Waals surface area contributed by atoms with Crippen LogP contribution in [-0.4, -0.2) is 49.5 Å². The highest BCUT2D eigenvalue weighted by molar-refractivity contribution is 5.92. The number of benzene rings is 1. The van der Waals surface area contributed by atoms with Gasteiger partial charge in [-0.15, -0.1) is 0 Å². The summed E-state index contributed by atoms with van der Waals surface area (Å²) in [6, 6.07) is 10.6. The Kier molecular flexibility index (Phi) is 9.62. The van der Waals surface area contributed by atoms with Gasteiger partial charge in [0.2, 0.25) is 0 Å². The minimum Gasteiger partial charge on any atom is -0.459 e. The summed E-state index contributed by atoms with van der Waals surface area (Å²) >= 11 is 0. The predicted molar refractivity (Wildman–Crippen MR) is 129 cm³/mol. The Hall–Kier alpha value is -2.80. The molecule has 0 aliphatic carbocycles. The summed E-state index contributed by atoms with van der Waals surface area (Å²) in [5.74, 6) is 1.00. The van der Waals surface area contributed by atoms with Crippen LogP contribution in [-0.2, 0) is 13.1 Å². The number of nitrogens with zero attached hydrogens (tertiary/aromatic N) is 2. The number of aryl methyl sites for hydroxylation is 1. The molecule has 174 valence electrons. The topological polar surface area (TPSA) is 81.9 Å². The van der Waals surface area contributed by atoms with E-state index in [0.29, 0.717) is 18.8 Å². The number of carbonyl (C=O) groups excluding carboxylic acids is 1. The van der Waals surface area contributed by atoms with E-state index in [4.69, 9.17) is 9.41 Å². The van der Waals surface area contributed by atoms with Crippen LogP contribution in [0, 0.1) is 6.92 Å². The number of piperidine rings is 1. The number of nitrogens with one attached hydrogen (secondary N) is 3. The van der Waals surface area contributed by atoms with E-state index in [-0.39, 0.29) is 5.91 Å². The van der Waals surface area contributed by atoms with Crippen LogP contribution in [0.1, 0.15) is 59.9 Å². The average Bonchev–Trinajstić information content (AvgIpc) is 3.24. The maximum atomic E-state index is 12.1. The molecule has 1 fully saturated rings. The lowest BCUT2D eigenvalue weighted by Gasteiger charge is -2.26. The second kappa shape index (κ2) is 12.9. The molecule has 7 heteroatoms. The number of guanidine groups is 1. The lowest BCUT2D eigenvalue weighted by molar-refractivity contribution is 0.0925. The van der Waals surface area contributed by atoms with Gasteiger partial charge in [-0.3, -0.25) is 9.69 Å². The molecule has 0 radical (unpaired) electrons. The van der Waals surface area contributed by atoms with Gasteiger partial charge in [0.05, 0.1) is 12.8 Å². The minimum atomic E-state index is -0.170. The molecule has 1 saturated heterocycles. The van der Waals surface area contributed by atoms with Gasteiger partial charge in [-0.1, -0.05) is 30.7 Å². The first kappa shape index (κ1) is 23.9. The van der Waals surface area contributed by atoms with Crippen LogP contribution in [0.25, 0.3) is 0 Å². The van der Waals surface area contributed by atoms with E-state index in [1.165, 1.54) is 49.7 Å². The molecule has 0 saturated carbocycles. The number of aliphatic imine (C=N–C) groups is 1. The highest BCUT2D eigenvalue weighted by Crippen LogP contribution is 2.14. The van der Waals surface area contributed by atoms with Crippen molar-refractivity contribution in [1.29, 1.82) is 0 Å². The quantitative estimate of drug-likeness (QED) is 0.300. The van der Waals surface area contributed by atoms with Crippen molar-refractivity contribution in [2.75, 3.05) is 32.7 Å². The summed E-state index contributed by atoms with van der Waals surface area (Å²) in [6.45, 7) is 10.1. The summed E-state index contributed by atoms with van der Waals surface area (Å²) in [6.07, 6.45) is 6.34. The molecule has 1 aromatic carbocycles. The third-order valence-corrected chi connectivity index (χ3v) is 5.64. The van der Waals surface area contributed by atoms with Crippen LogP contribution in [0.4, 0.5) is 0 Å². The Morgan fingerprint density at radius 2 is 1.72 bits per heavy atom. The largest absolute Gasteiger partial charge is 0.459 e. The third-order valence-electron chi connectivity index (χ3n) is 5.64. The van der Waals surface area contributed by atoms with Crippen LogP contribution in [0.5, 0.6) is 0 Å². The van der Waals surface area contributed by atoms with Gasteiger partial charge in [-0.25, -0.2) is 4.99 Å². The number of rotatable bonds is 10. The Balaban J connectivity index is 1.39. The second-order valence-corrected chi connectivity index (χ2v) is 8.32. The molecule has 7 nitrogen and oxygen atoms in total. The van der Waals surface area contributed by atoms with Crippen molar-refractivity contribution in [2.45, 2.75) is 52.6 Å². The van der Waals surface area contributed by atoms with Crippen LogP contribution in [0.15, 0.2) is 46.0 Å². The van der Waals surface area contributed by atoms with Crippen LogP contribution in [0.2, 0.25) is 0 Å². The summed E-state index contributed by atoms with van der Waals surface area (Å²) < 4.78 is 5.21. The molecular weight excluding hydrogens is 402 g/mol. The molecule has 1 amide bonds. The van der Waals surface area contributed by atoms with Crippen molar-refractivity contribution < 1.29 is 9.21 Å². The van der Waals surface area contributed by atoms with Gasteiger partial charge in [0, 0.05) is 31.7 Å². The van der Waals surface area contributed by atoms with Gasteiger partial charge in [0.15, 0.2) is 11.7 Å². The van der Waals surface area contributed by atoms with Crippen LogP contribution in [0.3, 0.4) is 0 Å². The van der Waals surface area contributed by atoms with E-state index in [1.54, 1.807) is 6.07 Å². The van der Waals surface area contributed by atoms with Gasteiger partial charge in [0.25, 0.3) is 5.91 Å². The maximum absolute atomic E-state index is 12.1. The second-order valence-electron chi connectivity index (χ2n) is 8.32. The summed E-state index contributed by atoms with van der Waals surface area (Å²) in [4.78, 5) is 19.3. The molecule has 1 aliphatic rings. The summed E-state index contributed by atoms with van der Waals surface area (Å²) in [7, 11) is 0. The Labute approximate surface area is 191 Å². The number of likely N-dealkylation sites (tertiary alicyclic amines) is 1. The first-order valence-electron chi connectivity index (χ1n) is 11.8. The fourth-order valence-corrected chi connectivity index (χ4v) is 3.82. The molecule has 2 heterocycles. The number of hydrogen-bond acceptors (Lipinski definition) is 4. The van der Waals surface area contributed by atoms with E-state index in [2.05, 4.69) is 52.0 Å². The summed E-state index contributed by atoms with van der Waals surface area (Å²) in [5.41, 5.74) is 3.42. The van der Waals surface area contributed by atoms with Gasteiger partial charge in [0.1, 0.15) is 0 Å². The van der Waals surface area contributed by atoms with Crippen LogP contribution >= 0.6 is 0 Å². The highest BCUT2D eigenvalue weighted by Gasteiger charge is 2.12. The molecule has 0 bridgehead atoms. The molecule has 0 atom stereocenters. The van der Waals surface area contributed by atoms with Crippen LogP contribution < -0.4 is 16.0 Å². The van der Waals surface area contributed by atoms with Gasteiger partial charge < -0.3 is 20.4 Å². The SMILES string of the molecule is CCNC(=NCc1ccc(CN2CCCCC2)cc1)NCCCNC(=O)c1occc1C. The Morgan fingerprint density at radius 1 is 1.00 bits per heavy atom. The zero-order chi connectivity index (χ0) is 22.6. The molecular formula is C25H37N5O2. The van der Waals surface area contributed by atoms with E-state index >= 15 is 0 Å². The Bertz CT molecular complexity index is 853. The molecule has 3 N–H and O–H groups in total. The first-order chi connectivity index (χ1) is 15.7. The van der Waals surface area contributed by atoms with E-state index in [0.717, 1.165) is 37.6 Å². The van der Waals surface area contributed by atoms with Crippen molar-refractivity contribution in [1.82, 2.24) is 20.9 Å². The molecule has 0 unspecified atom stereocenters. The number of hydrogen-bond donors (Lipinski definition) is 3. The molecule has 1 aromatic heterocycles. The lowest BCUT2D eigenvalue weighted by atomic mass is 10.1. The smallest absolute Gasteiger partial charge is 0.287 e. The van der Waals surface area contributed by atoms with E-state index in [1.807, 2.05) is 6.92 Å². The average molecular weight is 440 g/mol. The third kappa shape index (κ3) is 7.71. The first-order valence-corrected chi connectivity index (χ1v) is 11.8. The van der Waals surface area contributed by atoms with Crippen molar-refractivity contribution >= 4 is 11.9 Å². The van der Waals surface area contributed by atoms with Crippen molar-refractivity contribution in [3.05, 3.63) is 59.0 Å². The van der Waals surface area contributed by atoms with Crippen molar-refractivity contribution in [2.24, 2.45) is 4.99 Å². The predicted octanol–water partition coefficient (Wildman–Crippen LogP) is 3.45.